The lowest BCUT2D eigenvalue weighted by Gasteiger charge is -2.18. The van der Waals surface area contributed by atoms with Gasteiger partial charge in [-0.25, -0.2) is 0 Å². The van der Waals surface area contributed by atoms with Crippen molar-refractivity contribution in [1.82, 2.24) is 5.32 Å². The number of hydrogen-bond acceptors (Lipinski definition) is 4. The minimum Gasteiger partial charge on any atom is -0.480 e. The maximum absolute atomic E-state index is 12.6. The predicted octanol–water partition coefficient (Wildman–Crippen LogP) is 4.38. The average molecular weight is 475 g/mol. The standard InChI is InChI=1S/C23H27BrN2O4/c1-14-10-18(24)11-15(2)21(14)30-16(3)22(27)26-19-7-4-6-17(12-19)23(28)25-13-20-8-5-9-29-20/h4,6-7,10-12,16,20H,5,8-9,13H2,1-3H3,(H,25,28)(H,26,27). The van der Waals surface area contributed by atoms with E-state index in [0.29, 0.717) is 23.5 Å². The van der Waals surface area contributed by atoms with Gasteiger partial charge < -0.3 is 20.1 Å². The van der Waals surface area contributed by atoms with Gasteiger partial charge in [-0.2, -0.15) is 0 Å². The second-order valence-corrected chi connectivity index (χ2v) is 8.46. The SMILES string of the molecule is Cc1cc(Br)cc(C)c1OC(C)C(=O)Nc1cccc(C(=O)NCC2CCCO2)c1. The van der Waals surface area contributed by atoms with Gasteiger partial charge in [0.15, 0.2) is 6.10 Å². The minimum atomic E-state index is -0.694. The lowest BCUT2D eigenvalue weighted by Crippen LogP contribution is -2.32. The van der Waals surface area contributed by atoms with Crippen LogP contribution in [0, 0.1) is 13.8 Å². The summed E-state index contributed by atoms with van der Waals surface area (Å²) in [5.74, 6) is 0.226. The molecule has 1 aliphatic heterocycles. The van der Waals surface area contributed by atoms with Crippen molar-refractivity contribution in [2.24, 2.45) is 0 Å². The molecule has 0 spiro atoms. The maximum atomic E-state index is 12.6. The Hall–Kier alpha value is -2.38. The van der Waals surface area contributed by atoms with Crippen LogP contribution in [-0.4, -0.2) is 37.2 Å². The second kappa shape index (κ2) is 10.1. The number of halogens is 1. The Bertz CT molecular complexity index is 902. The summed E-state index contributed by atoms with van der Waals surface area (Å²) in [6.07, 6.45) is 1.38. The summed E-state index contributed by atoms with van der Waals surface area (Å²) in [5.41, 5.74) is 2.93. The van der Waals surface area contributed by atoms with E-state index in [-0.39, 0.29) is 17.9 Å². The second-order valence-electron chi connectivity index (χ2n) is 7.54. The van der Waals surface area contributed by atoms with E-state index >= 15 is 0 Å². The number of anilines is 1. The normalized spacial score (nSPS) is 16.7. The van der Waals surface area contributed by atoms with Crippen LogP contribution in [0.4, 0.5) is 5.69 Å². The smallest absolute Gasteiger partial charge is 0.265 e. The third-order valence-corrected chi connectivity index (χ3v) is 5.45. The van der Waals surface area contributed by atoms with Crippen molar-refractivity contribution < 1.29 is 19.1 Å². The van der Waals surface area contributed by atoms with Crippen molar-refractivity contribution in [3.8, 4) is 5.75 Å². The molecular weight excluding hydrogens is 448 g/mol. The van der Waals surface area contributed by atoms with Crippen molar-refractivity contribution >= 4 is 33.4 Å². The van der Waals surface area contributed by atoms with E-state index in [0.717, 1.165) is 35.0 Å². The van der Waals surface area contributed by atoms with Crippen LogP contribution in [-0.2, 0) is 9.53 Å². The molecule has 1 heterocycles. The Balaban J connectivity index is 1.59. The Morgan fingerprint density at radius 3 is 2.63 bits per heavy atom. The fourth-order valence-corrected chi connectivity index (χ4v) is 4.10. The van der Waals surface area contributed by atoms with Crippen LogP contribution >= 0.6 is 15.9 Å². The van der Waals surface area contributed by atoms with Gasteiger partial charge in [0.05, 0.1) is 6.10 Å². The van der Waals surface area contributed by atoms with Crippen LogP contribution in [0.1, 0.15) is 41.3 Å². The molecule has 0 aromatic heterocycles. The highest BCUT2D eigenvalue weighted by Gasteiger charge is 2.19. The summed E-state index contributed by atoms with van der Waals surface area (Å²) in [5, 5.41) is 5.72. The van der Waals surface area contributed by atoms with Crippen molar-refractivity contribution in [3.63, 3.8) is 0 Å². The molecule has 2 aromatic rings. The number of ether oxygens (including phenoxy) is 2. The summed E-state index contributed by atoms with van der Waals surface area (Å²) in [6.45, 7) is 6.83. The van der Waals surface area contributed by atoms with E-state index < -0.39 is 6.10 Å². The minimum absolute atomic E-state index is 0.0837. The summed E-state index contributed by atoms with van der Waals surface area (Å²) < 4.78 is 12.4. The summed E-state index contributed by atoms with van der Waals surface area (Å²) >= 11 is 3.46. The molecule has 1 saturated heterocycles. The van der Waals surface area contributed by atoms with Gasteiger partial charge in [-0.1, -0.05) is 22.0 Å². The number of carbonyl (C=O) groups is 2. The molecule has 1 aliphatic rings. The average Bonchev–Trinajstić information content (AvgIpc) is 3.22. The quantitative estimate of drug-likeness (QED) is 0.623. The molecule has 2 atom stereocenters. The fraction of sp³-hybridized carbons (Fsp3) is 0.391. The van der Waals surface area contributed by atoms with Gasteiger partial charge in [0.25, 0.3) is 11.8 Å². The molecule has 30 heavy (non-hydrogen) atoms. The van der Waals surface area contributed by atoms with Crippen LogP contribution in [0.15, 0.2) is 40.9 Å². The summed E-state index contributed by atoms with van der Waals surface area (Å²) in [6, 6.07) is 10.8. The van der Waals surface area contributed by atoms with Gasteiger partial charge in [-0.15, -0.1) is 0 Å². The van der Waals surface area contributed by atoms with Crippen molar-refractivity contribution in [2.75, 3.05) is 18.5 Å². The van der Waals surface area contributed by atoms with Gasteiger partial charge in [0, 0.05) is 28.9 Å². The van der Waals surface area contributed by atoms with Gasteiger partial charge in [0.1, 0.15) is 5.75 Å². The van der Waals surface area contributed by atoms with Gasteiger partial charge in [0.2, 0.25) is 0 Å². The van der Waals surface area contributed by atoms with E-state index in [1.807, 2.05) is 26.0 Å². The maximum Gasteiger partial charge on any atom is 0.265 e. The Kier molecular flexibility index (Phi) is 7.50. The zero-order valence-electron chi connectivity index (χ0n) is 17.5. The van der Waals surface area contributed by atoms with Gasteiger partial charge >= 0.3 is 0 Å². The lowest BCUT2D eigenvalue weighted by molar-refractivity contribution is -0.122. The molecule has 2 unspecified atom stereocenters. The molecule has 0 bridgehead atoms. The van der Waals surface area contributed by atoms with Crippen molar-refractivity contribution in [1.29, 1.82) is 0 Å². The van der Waals surface area contributed by atoms with E-state index in [1.54, 1.807) is 31.2 Å². The number of nitrogens with one attached hydrogen (secondary N) is 2. The van der Waals surface area contributed by atoms with Gasteiger partial charge in [-0.3, -0.25) is 9.59 Å². The van der Waals surface area contributed by atoms with E-state index in [4.69, 9.17) is 9.47 Å². The zero-order chi connectivity index (χ0) is 21.7. The van der Waals surface area contributed by atoms with Crippen LogP contribution in [0.2, 0.25) is 0 Å². The molecular formula is C23H27BrN2O4. The Morgan fingerprint density at radius 2 is 1.97 bits per heavy atom. The number of aryl methyl sites for hydroxylation is 2. The third kappa shape index (κ3) is 5.83. The third-order valence-electron chi connectivity index (χ3n) is 5.00. The molecule has 2 aromatic carbocycles. The first-order valence-electron chi connectivity index (χ1n) is 10.1. The number of hydrogen-bond donors (Lipinski definition) is 2. The Morgan fingerprint density at radius 1 is 1.23 bits per heavy atom. The molecule has 6 nitrogen and oxygen atoms in total. The molecule has 7 heteroatoms. The summed E-state index contributed by atoms with van der Waals surface area (Å²) in [4.78, 5) is 25.0. The zero-order valence-corrected chi connectivity index (χ0v) is 19.0. The molecule has 0 aliphatic carbocycles. The van der Waals surface area contributed by atoms with Crippen LogP contribution < -0.4 is 15.4 Å². The molecule has 3 rings (SSSR count). The number of carbonyl (C=O) groups excluding carboxylic acids is 2. The first kappa shape index (κ1) is 22.3. The van der Waals surface area contributed by atoms with Crippen LogP contribution in [0.3, 0.4) is 0 Å². The van der Waals surface area contributed by atoms with Crippen molar-refractivity contribution in [3.05, 3.63) is 57.6 Å². The fourth-order valence-electron chi connectivity index (χ4n) is 3.41. The predicted molar refractivity (Wildman–Crippen MR) is 120 cm³/mol. The number of amides is 2. The first-order valence-corrected chi connectivity index (χ1v) is 10.9. The van der Waals surface area contributed by atoms with Crippen molar-refractivity contribution in [2.45, 2.75) is 45.8 Å². The molecule has 160 valence electrons. The molecule has 2 N–H and O–H groups in total. The first-order chi connectivity index (χ1) is 14.3. The number of rotatable bonds is 7. The molecule has 0 radical (unpaired) electrons. The van der Waals surface area contributed by atoms with E-state index in [2.05, 4.69) is 26.6 Å². The molecule has 1 fully saturated rings. The van der Waals surface area contributed by atoms with Gasteiger partial charge in [-0.05, 0) is 75.1 Å². The summed E-state index contributed by atoms with van der Waals surface area (Å²) in [7, 11) is 0. The van der Waals surface area contributed by atoms with E-state index in [1.165, 1.54) is 0 Å². The molecule has 0 saturated carbocycles. The highest BCUT2D eigenvalue weighted by molar-refractivity contribution is 9.10. The Labute approximate surface area is 185 Å². The van der Waals surface area contributed by atoms with Crippen LogP contribution in [0.25, 0.3) is 0 Å². The highest BCUT2D eigenvalue weighted by atomic mass is 79.9. The topological polar surface area (TPSA) is 76.7 Å². The van der Waals surface area contributed by atoms with Crippen LogP contribution in [0.5, 0.6) is 5.75 Å². The molecule has 2 amide bonds. The largest absolute Gasteiger partial charge is 0.480 e. The lowest BCUT2D eigenvalue weighted by atomic mass is 10.1. The number of benzene rings is 2. The van der Waals surface area contributed by atoms with E-state index in [9.17, 15) is 9.59 Å². The highest BCUT2D eigenvalue weighted by Crippen LogP contribution is 2.28. The monoisotopic (exact) mass is 474 g/mol.